The molecule has 1 aliphatic rings. The van der Waals surface area contributed by atoms with Crippen molar-refractivity contribution in [3.8, 4) is 0 Å². The summed E-state index contributed by atoms with van der Waals surface area (Å²) in [7, 11) is 1.29. The second kappa shape index (κ2) is 7.67. The van der Waals surface area contributed by atoms with Crippen LogP contribution in [0.3, 0.4) is 0 Å². The second-order valence-electron chi connectivity index (χ2n) is 8.06. The van der Waals surface area contributed by atoms with E-state index in [2.05, 4.69) is 4.98 Å². The number of carbonyl (C=O) groups is 2. The quantitative estimate of drug-likeness (QED) is 0.411. The summed E-state index contributed by atoms with van der Waals surface area (Å²) in [6, 6.07) is 12.2. The zero-order valence-electron chi connectivity index (χ0n) is 18.5. The Kier molecular flexibility index (Phi) is 4.90. The van der Waals surface area contributed by atoms with Crippen molar-refractivity contribution in [2.24, 2.45) is 0 Å². The van der Waals surface area contributed by atoms with Crippen LogP contribution in [0.2, 0.25) is 0 Å². The molecule has 3 heterocycles. The summed E-state index contributed by atoms with van der Waals surface area (Å²) in [5, 5.41) is 0.723. The number of amides is 1. The standard InChI is InChI=1S/C25H20N2O5S/c1-12-5-8-15(9-6-12)19-18-20(28)16-11-13(2)7-10-17(16)32-21(18)23(29)27(19)25-26-14(3)22(33-25)24(30)31-4/h5-11,19H,1-4H3/t19-/m0/s1. The zero-order chi connectivity index (χ0) is 23.4. The van der Waals surface area contributed by atoms with E-state index >= 15 is 0 Å². The molecule has 0 aliphatic carbocycles. The van der Waals surface area contributed by atoms with Gasteiger partial charge in [-0.25, -0.2) is 9.78 Å². The van der Waals surface area contributed by atoms with Gasteiger partial charge in [-0.05, 0) is 38.5 Å². The Hall–Kier alpha value is -3.78. The van der Waals surface area contributed by atoms with Crippen molar-refractivity contribution < 1.29 is 18.7 Å². The molecule has 166 valence electrons. The lowest BCUT2D eigenvalue weighted by atomic mass is 9.97. The smallest absolute Gasteiger partial charge is 0.350 e. The van der Waals surface area contributed by atoms with Gasteiger partial charge in [0.15, 0.2) is 10.6 Å². The molecule has 2 aromatic carbocycles. The van der Waals surface area contributed by atoms with E-state index in [1.807, 2.05) is 44.2 Å². The van der Waals surface area contributed by atoms with E-state index in [1.54, 1.807) is 19.1 Å². The molecule has 1 aliphatic heterocycles. The largest absolute Gasteiger partial charge is 0.465 e. The number of benzene rings is 2. The van der Waals surface area contributed by atoms with Crippen LogP contribution in [0.4, 0.5) is 5.13 Å². The highest BCUT2D eigenvalue weighted by Gasteiger charge is 2.45. The third kappa shape index (κ3) is 3.25. The molecule has 8 heteroatoms. The lowest BCUT2D eigenvalue weighted by Gasteiger charge is -2.22. The number of fused-ring (bicyclic) bond motifs is 2. The summed E-state index contributed by atoms with van der Waals surface area (Å²) >= 11 is 1.05. The number of thiazole rings is 1. The van der Waals surface area contributed by atoms with Crippen molar-refractivity contribution in [3.63, 3.8) is 0 Å². The number of carbonyl (C=O) groups excluding carboxylic acids is 2. The Labute approximate surface area is 193 Å². The van der Waals surface area contributed by atoms with Gasteiger partial charge in [-0.3, -0.25) is 14.5 Å². The fourth-order valence-corrected chi connectivity index (χ4v) is 5.13. The van der Waals surface area contributed by atoms with Crippen molar-refractivity contribution >= 4 is 39.3 Å². The van der Waals surface area contributed by atoms with Gasteiger partial charge in [0.1, 0.15) is 10.5 Å². The first kappa shape index (κ1) is 21.1. The second-order valence-corrected chi connectivity index (χ2v) is 9.04. The number of aromatic nitrogens is 1. The number of ether oxygens (including phenoxy) is 1. The Bertz CT molecular complexity index is 1500. The normalized spacial score (nSPS) is 15.2. The van der Waals surface area contributed by atoms with Crippen LogP contribution in [0.1, 0.15) is 54.2 Å². The van der Waals surface area contributed by atoms with Crippen LogP contribution in [-0.4, -0.2) is 24.0 Å². The molecule has 0 bridgehead atoms. The van der Waals surface area contributed by atoms with E-state index in [-0.39, 0.29) is 16.8 Å². The Morgan fingerprint density at radius 3 is 2.45 bits per heavy atom. The van der Waals surface area contributed by atoms with Gasteiger partial charge in [-0.2, -0.15) is 0 Å². The first-order valence-electron chi connectivity index (χ1n) is 10.3. The SMILES string of the molecule is COC(=O)c1sc(N2C(=O)c3oc4ccc(C)cc4c(=O)c3[C@@H]2c2ccc(C)cc2)nc1C. The van der Waals surface area contributed by atoms with E-state index in [4.69, 9.17) is 9.15 Å². The minimum absolute atomic E-state index is 0.00519. The summed E-state index contributed by atoms with van der Waals surface area (Å²) in [5.74, 6) is -1.00. The molecule has 0 saturated carbocycles. The lowest BCUT2D eigenvalue weighted by molar-refractivity contribution is 0.0605. The molecule has 0 spiro atoms. The predicted octanol–water partition coefficient (Wildman–Crippen LogP) is 4.71. The third-order valence-corrected chi connectivity index (χ3v) is 6.92. The van der Waals surface area contributed by atoms with Crippen LogP contribution < -0.4 is 10.3 Å². The average Bonchev–Trinajstić information content (AvgIpc) is 3.32. The summed E-state index contributed by atoms with van der Waals surface area (Å²) < 4.78 is 10.8. The van der Waals surface area contributed by atoms with E-state index < -0.39 is 17.9 Å². The molecule has 4 aromatic rings. The highest BCUT2D eigenvalue weighted by atomic mass is 32.1. The van der Waals surface area contributed by atoms with Crippen LogP contribution in [0.25, 0.3) is 11.0 Å². The van der Waals surface area contributed by atoms with Crippen LogP contribution >= 0.6 is 11.3 Å². The van der Waals surface area contributed by atoms with Gasteiger partial charge in [0.2, 0.25) is 5.76 Å². The molecule has 2 aromatic heterocycles. The zero-order valence-corrected chi connectivity index (χ0v) is 19.3. The highest BCUT2D eigenvalue weighted by Crippen LogP contribution is 2.43. The van der Waals surface area contributed by atoms with Gasteiger partial charge in [0.05, 0.1) is 29.8 Å². The van der Waals surface area contributed by atoms with Crippen LogP contribution in [0, 0.1) is 20.8 Å². The van der Waals surface area contributed by atoms with Crippen molar-refractivity contribution in [2.75, 3.05) is 12.0 Å². The van der Waals surface area contributed by atoms with Gasteiger partial charge in [0, 0.05) is 0 Å². The number of nitrogens with zero attached hydrogens (tertiary/aromatic N) is 2. The van der Waals surface area contributed by atoms with Gasteiger partial charge in [0.25, 0.3) is 5.91 Å². The maximum atomic E-state index is 13.6. The molecule has 1 amide bonds. The van der Waals surface area contributed by atoms with E-state index in [0.29, 0.717) is 26.7 Å². The number of esters is 1. The van der Waals surface area contributed by atoms with Gasteiger partial charge >= 0.3 is 5.97 Å². The van der Waals surface area contributed by atoms with Crippen molar-refractivity contribution in [3.05, 3.63) is 91.3 Å². The molecular weight excluding hydrogens is 440 g/mol. The third-order valence-electron chi connectivity index (χ3n) is 5.78. The molecule has 0 saturated heterocycles. The molecule has 5 rings (SSSR count). The van der Waals surface area contributed by atoms with Gasteiger partial charge in [-0.15, -0.1) is 0 Å². The van der Waals surface area contributed by atoms with E-state index in [0.717, 1.165) is 28.0 Å². The fourth-order valence-electron chi connectivity index (χ4n) is 4.12. The number of methoxy groups -OCH3 is 1. The van der Waals surface area contributed by atoms with Crippen molar-refractivity contribution in [1.82, 2.24) is 4.98 Å². The Morgan fingerprint density at radius 2 is 1.76 bits per heavy atom. The number of rotatable bonds is 3. The summed E-state index contributed by atoms with van der Waals surface area (Å²) in [4.78, 5) is 45.7. The maximum Gasteiger partial charge on any atom is 0.350 e. The molecule has 0 unspecified atom stereocenters. The monoisotopic (exact) mass is 460 g/mol. The van der Waals surface area contributed by atoms with E-state index in [9.17, 15) is 14.4 Å². The molecular formula is C25H20N2O5S. The highest BCUT2D eigenvalue weighted by molar-refractivity contribution is 7.17. The number of hydrogen-bond donors (Lipinski definition) is 0. The molecule has 33 heavy (non-hydrogen) atoms. The lowest BCUT2D eigenvalue weighted by Crippen LogP contribution is -2.29. The molecule has 0 N–H and O–H groups in total. The van der Waals surface area contributed by atoms with E-state index in [1.165, 1.54) is 12.0 Å². The Balaban J connectivity index is 1.78. The molecule has 1 atom stereocenters. The molecule has 0 fully saturated rings. The first-order chi connectivity index (χ1) is 15.8. The molecule has 0 radical (unpaired) electrons. The summed E-state index contributed by atoms with van der Waals surface area (Å²) in [6.45, 7) is 5.54. The van der Waals surface area contributed by atoms with Crippen LogP contribution in [-0.2, 0) is 4.74 Å². The van der Waals surface area contributed by atoms with Crippen molar-refractivity contribution in [2.45, 2.75) is 26.8 Å². The Morgan fingerprint density at radius 1 is 1.06 bits per heavy atom. The number of anilines is 1. The minimum atomic E-state index is -0.731. The van der Waals surface area contributed by atoms with Crippen molar-refractivity contribution in [1.29, 1.82) is 0 Å². The first-order valence-corrected chi connectivity index (χ1v) is 11.1. The minimum Gasteiger partial charge on any atom is -0.465 e. The average molecular weight is 461 g/mol. The fraction of sp³-hybridized carbons (Fsp3) is 0.200. The topological polar surface area (TPSA) is 89.7 Å². The van der Waals surface area contributed by atoms with Gasteiger partial charge < -0.3 is 9.15 Å². The number of hydrogen-bond acceptors (Lipinski definition) is 7. The van der Waals surface area contributed by atoms with Gasteiger partial charge in [-0.1, -0.05) is 52.8 Å². The molecule has 7 nitrogen and oxygen atoms in total. The summed E-state index contributed by atoms with van der Waals surface area (Å²) in [5.41, 5.74) is 3.54. The number of aryl methyl sites for hydroxylation is 3. The van der Waals surface area contributed by atoms with Crippen LogP contribution in [0.5, 0.6) is 0 Å². The summed E-state index contributed by atoms with van der Waals surface area (Å²) in [6.07, 6.45) is 0. The maximum absolute atomic E-state index is 13.6. The predicted molar refractivity (Wildman–Crippen MR) is 125 cm³/mol. The van der Waals surface area contributed by atoms with Crippen LogP contribution in [0.15, 0.2) is 51.7 Å².